The van der Waals surface area contributed by atoms with Gasteiger partial charge in [-0.3, -0.25) is 4.79 Å². The summed E-state index contributed by atoms with van der Waals surface area (Å²) < 4.78 is 5.10. The Morgan fingerprint density at radius 1 is 1.11 bits per heavy atom. The van der Waals surface area contributed by atoms with Crippen LogP contribution in [-0.2, 0) is 6.42 Å². The Labute approximate surface area is 118 Å². The lowest BCUT2D eigenvalue weighted by Crippen LogP contribution is -2.17. The van der Waals surface area contributed by atoms with Crippen LogP contribution in [0.2, 0.25) is 0 Å². The maximum atomic E-state index is 12.2. The summed E-state index contributed by atoms with van der Waals surface area (Å²) in [5.41, 5.74) is 1.78. The second kappa shape index (κ2) is 6.43. The summed E-state index contributed by atoms with van der Waals surface area (Å²) in [4.78, 5) is 12.2. The number of ether oxygens (including phenoxy) is 1. The van der Waals surface area contributed by atoms with Crippen molar-refractivity contribution in [2.24, 2.45) is 0 Å². The fraction of sp³-hybridized carbons (Fsp3) is 0.188. The van der Waals surface area contributed by atoms with Crippen LogP contribution in [0.4, 0.5) is 0 Å². The highest BCUT2D eigenvalue weighted by atomic mass is 32.1. The van der Waals surface area contributed by atoms with E-state index in [0.29, 0.717) is 12.0 Å². The molecule has 0 aliphatic heterocycles. The van der Waals surface area contributed by atoms with E-state index in [1.807, 2.05) is 54.6 Å². The summed E-state index contributed by atoms with van der Waals surface area (Å²) in [6.07, 6.45) is 0.612. The first kappa shape index (κ1) is 13.7. The van der Waals surface area contributed by atoms with Gasteiger partial charge in [0.05, 0.1) is 12.4 Å². The van der Waals surface area contributed by atoms with E-state index in [-0.39, 0.29) is 11.0 Å². The minimum atomic E-state index is -0.323. The molecule has 0 aliphatic carbocycles. The fourth-order valence-corrected chi connectivity index (χ4v) is 2.23. The quantitative estimate of drug-likeness (QED) is 0.667. The van der Waals surface area contributed by atoms with E-state index < -0.39 is 0 Å². The summed E-state index contributed by atoms with van der Waals surface area (Å²) in [5.74, 6) is 0.869. The molecule has 19 heavy (non-hydrogen) atoms. The summed E-state index contributed by atoms with van der Waals surface area (Å²) >= 11 is 4.42. The van der Waals surface area contributed by atoms with Crippen LogP contribution in [0, 0.1) is 0 Å². The van der Waals surface area contributed by atoms with Gasteiger partial charge in [0.2, 0.25) is 0 Å². The van der Waals surface area contributed by atoms with Gasteiger partial charge in [-0.1, -0.05) is 42.5 Å². The summed E-state index contributed by atoms with van der Waals surface area (Å²) in [6.45, 7) is 0. The molecule has 0 saturated heterocycles. The Bertz CT molecular complexity index is 534. The van der Waals surface area contributed by atoms with E-state index in [1.165, 1.54) is 0 Å². The van der Waals surface area contributed by atoms with E-state index in [2.05, 4.69) is 12.6 Å². The van der Waals surface area contributed by atoms with Crippen molar-refractivity contribution in [2.45, 2.75) is 11.7 Å². The molecule has 0 spiro atoms. The molecule has 2 nitrogen and oxygen atoms in total. The van der Waals surface area contributed by atoms with Gasteiger partial charge in [-0.2, -0.15) is 12.6 Å². The molecule has 0 bridgehead atoms. The van der Waals surface area contributed by atoms with E-state index >= 15 is 0 Å². The van der Waals surface area contributed by atoms with Crippen LogP contribution in [0.15, 0.2) is 54.6 Å². The van der Waals surface area contributed by atoms with Crippen molar-refractivity contribution in [1.82, 2.24) is 0 Å². The van der Waals surface area contributed by atoms with Crippen molar-refractivity contribution >= 4 is 18.4 Å². The predicted molar refractivity (Wildman–Crippen MR) is 80.2 cm³/mol. The fourth-order valence-electron chi connectivity index (χ4n) is 1.87. The Hall–Kier alpha value is -1.74. The number of methoxy groups -OCH3 is 1. The van der Waals surface area contributed by atoms with Gasteiger partial charge >= 0.3 is 0 Å². The zero-order chi connectivity index (χ0) is 13.7. The molecule has 0 aromatic heterocycles. The van der Waals surface area contributed by atoms with Crippen molar-refractivity contribution in [2.75, 3.05) is 7.11 Å². The van der Waals surface area contributed by atoms with Gasteiger partial charge in [-0.25, -0.2) is 0 Å². The lowest BCUT2D eigenvalue weighted by Gasteiger charge is -2.10. The molecule has 0 N–H and O–H groups in total. The van der Waals surface area contributed by atoms with Crippen LogP contribution in [0.3, 0.4) is 0 Å². The number of thiol groups is 1. The van der Waals surface area contributed by atoms with Gasteiger partial charge in [-0.15, -0.1) is 0 Å². The molecule has 0 saturated carbocycles. The highest BCUT2D eigenvalue weighted by molar-refractivity contribution is 7.81. The molecular weight excluding hydrogens is 256 g/mol. The lowest BCUT2D eigenvalue weighted by atomic mass is 10.0. The van der Waals surface area contributed by atoms with Gasteiger partial charge < -0.3 is 4.74 Å². The van der Waals surface area contributed by atoms with E-state index in [0.717, 1.165) is 11.3 Å². The topological polar surface area (TPSA) is 26.3 Å². The van der Waals surface area contributed by atoms with Crippen LogP contribution in [0.1, 0.15) is 15.9 Å². The molecule has 98 valence electrons. The number of hydrogen-bond acceptors (Lipinski definition) is 3. The summed E-state index contributed by atoms with van der Waals surface area (Å²) in [5, 5.41) is -0.323. The van der Waals surface area contributed by atoms with E-state index in [9.17, 15) is 4.79 Å². The number of Topliss-reactive ketones (excluding diaryl/α,β-unsaturated/α-hetero) is 1. The van der Waals surface area contributed by atoms with Gasteiger partial charge in [0.25, 0.3) is 0 Å². The molecule has 2 aromatic rings. The third-order valence-electron chi connectivity index (χ3n) is 2.95. The smallest absolute Gasteiger partial charge is 0.175 e. The van der Waals surface area contributed by atoms with Crippen molar-refractivity contribution in [3.8, 4) is 5.75 Å². The molecule has 0 amide bonds. The lowest BCUT2D eigenvalue weighted by molar-refractivity contribution is 0.0989. The molecule has 3 heteroatoms. The zero-order valence-electron chi connectivity index (χ0n) is 10.7. The first-order chi connectivity index (χ1) is 9.20. The zero-order valence-corrected chi connectivity index (χ0v) is 11.6. The van der Waals surface area contributed by atoms with Crippen molar-refractivity contribution < 1.29 is 9.53 Å². The summed E-state index contributed by atoms with van der Waals surface area (Å²) in [7, 11) is 1.63. The SMILES string of the molecule is COc1ccc(CC(S)C(=O)c2ccccc2)cc1. The highest BCUT2D eigenvalue weighted by Crippen LogP contribution is 2.16. The van der Waals surface area contributed by atoms with Gasteiger partial charge in [0.1, 0.15) is 5.75 Å². The molecule has 0 aliphatic rings. The highest BCUT2D eigenvalue weighted by Gasteiger charge is 2.16. The van der Waals surface area contributed by atoms with Gasteiger partial charge in [0.15, 0.2) is 5.78 Å². The Morgan fingerprint density at radius 3 is 2.32 bits per heavy atom. The maximum absolute atomic E-state index is 12.2. The van der Waals surface area contributed by atoms with Gasteiger partial charge in [0, 0.05) is 5.56 Å². The number of carbonyl (C=O) groups is 1. The van der Waals surface area contributed by atoms with Crippen LogP contribution >= 0.6 is 12.6 Å². The molecular formula is C16H16O2S. The average molecular weight is 272 g/mol. The summed E-state index contributed by atoms with van der Waals surface area (Å²) in [6, 6.07) is 17.0. The first-order valence-electron chi connectivity index (χ1n) is 6.11. The number of carbonyl (C=O) groups excluding carboxylic acids is 1. The monoisotopic (exact) mass is 272 g/mol. The van der Waals surface area contributed by atoms with Crippen LogP contribution in [0.25, 0.3) is 0 Å². The average Bonchev–Trinajstić information content (AvgIpc) is 2.48. The van der Waals surface area contributed by atoms with Crippen LogP contribution < -0.4 is 4.74 Å². The van der Waals surface area contributed by atoms with Crippen molar-refractivity contribution in [1.29, 1.82) is 0 Å². The molecule has 0 fully saturated rings. The Morgan fingerprint density at radius 2 is 1.74 bits per heavy atom. The Balaban J connectivity index is 2.04. The second-order valence-electron chi connectivity index (χ2n) is 4.30. The normalized spacial score (nSPS) is 11.9. The van der Waals surface area contributed by atoms with Crippen LogP contribution in [-0.4, -0.2) is 18.1 Å². The number of benzene rings is 2. The van der Waals surface area contributed by atoms with Crippen LogP contribution in [0.5, 0.6) is 5.75 Å². The largest absolute Gasteiger partial charge is 0.497 e. The standard InChI is InChI=1S/C16H16O2S/c1-18-14-9-7-12(8-10-14)11-15(19)16(17)13-5-3-2-4-6-13/h2-10,15,19H,11H2,1H3. The predicted octanol–water partition coefficient (Wildman–Crippen LogP) is 3.42. The number of rotatable bonds is 5. The second-order valence-corrected chi connectivity index (χ2v) is 4.92. The minimum absolute atomic E-state index is 0.0553. The van der Waals surface area contributed by atoms with E-state index in [1.54, 1.807) is 7.11 Å². The molecule has 0 radical (unpaired) electrons. The van der Waals surface area contributed by atoms with Crippen molar-refractivity contribution in [3.05, 3.63) is 65.7 Å². The molecule has 2 aromatic carbocycles. The van der Waals surface area contributed by atoms with Gasteiger partial charge in [-0.05, 0) is 24.1 Å². The third-order valence-corrected chi connectivity index (χ3v) is 3.37. The first-order valence-corrected chi connectivity index (χ1v) is 6.62. The van der Waals surface area contributed by atoms with E-state index in [4.69, 9.17) is 4.74 Å². The minimum Gasteiger partial charge on any atom is -0.497 e. The molecule has 1 atom stereocenters. The molecule has 2 rings (SSSR count). The molecule has 1 unspecified atom stereocenters. The Kier molecular flexibility index (Phi) is 4.63. The number of ketones is 1. The third kappa shape index (κ3) is 3.61. The molecule has 0 heterocycles. The maximum Gasteiger partial charge on any atom is 0.175 e. The number of hydrogen-bond donors (Lipinski definition) is 1. The van der Waals surface area contributed by atoms with Crippen molar-refractivity contribution in [3.63, 3.8) is 0 Å².